The summed E-state index contributed by atoms with van der Waals surface area (Å²) in [7, 11) is 0. The summed E-state index contributed by atoms with van der Waals surface area (Å²) >= 11 is 0. The maximum atomic E-state index is 11.8. The van der Waals surface area contributed by atoms with Crippen LogP contribution in [0, 0.1) is 13.8 Å². The van der Waals surface area contributed by atoms with Crippen LogP contribution in [0.15, 0.2) is 48.5 Å². The van der Waals surface area contributed by atoms with E-state index in [-0.39, 0.29) is 25.5 Å². The highest BCUT2D eigenvalue weighted by atomic mass is 16.5. The molecule has 5 heteroatoms. The Morgan fingerprint density at radius 3 is 2.50 bits per heavy atom. The quantitative estimate of drug-likeness (QED) is 0.793. The number of para-hydroxylation sites is 1. The Hall–Kier alpha value is -2.82. The molecule has 0 bridgehead atoms. The van der Waals surface area contributed by atoms with Gasteiger partial charge in [-0.15, -0.1) is 0 Å². The van der Waals surface area contributed by atoms with E-state index in [1.54, 1.807) is 0 Å². The molecule has 5 nitrogen and oxygen atoms in total. The van der Waals surface area contributed by atoms with Gasteiger partial charge in [-0.3, -0.25) is 9.59 Å². The molecule has 0 aliphatic rings. The second-order valence-corrected chi connectivity index (χ2v) is 5.44. The first-order valence-corrected chi connectivity index (χ1v) is 7.75. The predicted molar refractivity (Wildman–Crippen MR) is 92.1 cm³/mol. The first-order chi connectivity index (χ1) is 11.5. The van der Waals surface area contributed by atoms with Gasteiger partial charge in [-0.25, -0.2) is 0 Å². The van der Waals surface area contributed by atoms with Crippen LogP contribution < -0.4 is 10.1 Å². The Morgan fingerprint density at radius 2 is 1.79 bits per heavy atom. The molecule has 1 N–H and O–H groups in total. The molecule has 1 amide bonds. The average molecular weight is 327 g/mol. The van der Waals surface area contributed by atoms with Gasteiger partial charge in [0.25, 0.3) is 5.91 Å². The minimum atomic E-state index is -0.471. The van der Waals surface area contributed by atoms with Crippen LogP contribution in [0.4, 0.5) is 5.69 Å². The molecule has 2 rings (SSSR count). The molecular formula is C19H21NO4. The van der Waals surface area contributed by atoms with Crippen molar-refractivity contribution in [1.82, 2.24) is 0 Å². The van der Waals surface area contributed by atoms with Crippen LogP contribution in [0.3, 0.4) is 0 Å². The van der Waals surface area contributed by atoms with Crippen molar-refractivity contribution in [3.05, 3.63) is 59.7 Å². The molecule has 0 saturated carbocycles. The fourth-order valence-electron chi connectivity index (χ4n) is 2.13. The fraction of sp³-hybridized carbons (Fsp3) is 0.263. The van der Waals surface area contributed by atoms with Gasteiger partial charge in [-0.05, 0) is 37.6 Å². The highest BCUT2D eigenvalue weighted by Gasteiger charge is 2.09. The van der Waals surface area contributed by atoms with Gasteiger partial charge in [0.1, 0.15) is 5.75 Å². The van der Waals surface area contributed by atoms with Gasteiger partial charge in [-0.1, -0.05) is 35.9 Å². The van der Waals surface area contributed by atoms with E-state index < -0.39 is 5.97 Å². The zero-order chi connectivity index (χ0) is 17.4. The first-order valence-electron chi connectivity index (χ1n) is 7.75. The van der Waals surface area contributed by atoms with Crippen LogP contribution >= 0.6 is 0 Å². The summed E-state index contributed by atoms with van der Waals surface area (Å²) in [5.41, 5.74) is 2.80. The normalized spacial score (nSPS) is 10.1. The minimum absolute atomic E-state index is 0.0890. The van der Waals surface area contributed by atoms with Gasteiger partial charge in [0.05, 0.1) is 13.0 Å². The lowest BCUT2D eigenvalue weighted by Gasteiger charge is -2.10. The van der Waals surface area contributed by atoms with Crippen LogP contribution in [-0.4, -0.2) is 25.1 Å². The number of carbonyl (C=O) groups excluding carboxylic acids is 2. The topological polar surface area (TPSA) is 64.6 Å². The summed E-state index contributed by atoms with van der Waals surface area (Å²) in [6.45, 7) is 3.80. The Labute approximate surface area is 141 Å². The molecule has 0 radical (unpaired) electrons. The van der Waals surface area contributed by atoms with Gasteiger partial charge in [0.2, 0.25) is 0 Å². The molecule has 126 valence electrons. The van der Waals surface area contributed by atoms with Crippen LogP contribution in [0.5, 0.6) is 5.75 Å². The fourth-order valence-corrected chi connectivity index (χ4v) is 2.13. The highest BCUT2D eigenvalue weighted by Crippen LogP contribution is 2.15. The Morgan fingerprint density at radius 1 is 1.04 bits per heavy atom. The molecule has 0 unspecified atom stereocenters. The molecule has 0 aliphatic heterocycles. The van der Waals surface area contributed by atoms with Crippen LogP contribution in [0.25, 0.3) is 0 Å². The molecule has 0 aliphatic carbocycles. The molecule has 0 spiro atoms. The van der Waals surface area contributed by atoms with Crippen molar-refractivity contribution >= 4 is 17.6 Å². The Kier molecular flexibility index (Phi) is 6.37. The largest absolute Gasteiger partial charge is 0.493 e. The third kappa shape index (κ3) is 5.76. The average Bonchev–Trinajstić information content (AvgIpc) is 2.56. The summed E-state index contributed by atoms with van der Waals surface area (Å²) in [5, 5.41) is 2.73. The monoisotopic (exact) mass is 327 g/mol. The number of esters is 1. The number of amides is 1. The van der Waals surface area contributed by atoms with Crippen molar-refractivity contribution in [2.75, 3.05) is 18.5 Å². The highest BCUT2D eigenvalue weighted by molar-refractivity contribution is 5.93. The summed E-state index contributed by atoms with van der Waals surface area (Å²) in [4.78, 5) is 23.4. The Balaban J connectivity index is 1.68. The number of hydrogen-bond acceptors (Lipinski definition) is 4. The van der Waals surface area contributed by atoms with E-state index in [9.17, 15) is 9.59 Å². The number of carbonyl (C=O) groups is 2. The summed E-state index contributed by atoms with van der Waals surface area (Å²) < 4.78 is 10.4. The van der Waals surface area contributed by atoms with E-state index in [2.05, 4.69) is 5.32 Å². The summed E-state index contributed by atoms with van der Waals surface area (Å²) in [6, 6.07) is 14.9. The lowest BCUT2D eigenvalue weighted by molar-refractivity contribution is -0.147. The third-order valence-electron chi connectivity index (χ3n) is 3.34. The minimum Gasteiger partial charge on any atom is -0.493 e. The second kappa shape index (κ2) is 8.72. The maximum absolute atomic E-state index is 11.8. The molecular weight excluding hydrogens is 306 g/mol. The van der Waals surface area contributed by atoms with Gasteiger partial charge in [0.15, 0.2) is 6.61 Å². The predicted octanol–water partition coefficient (Wildman–Crippen LogP) is 3.25. The smallest absolute Gasteiger partial charge is 0.309 e. The standard InChI is InChI=1S/C19H21NO4/c1-14-8-9-17(15(2)12-14)20-18(21)13-24-19(22)10-11-23-16-6-4-3-5-7-16/h3-9,12H,10-11,13H2,1-2H3,(H,20,21). The lowest BCUT2D eigenvalue weighted by Crippen LogP contribution is -2.22. The zero-order valence-corrected chi connectivity index (χ0v) is 13.9. The molecule has 0 heterocycles. The lowest BCUT2D eigenvalue weighted by atomic mass is 10.1. The summed E-state index contributed by atoms with van der Waals surface area (Å²) in [6.07, 6.45) is 0.0890. The molecule has 2 aromatic carbocycles. The third-order valence-corrected chi connectivity index (χ3v) is 3.34. The number of benzene rings is 2. The van der Waals surface area contributed by atoms with Crippen molar-refractivity contribution in [2.45, 2.75) is 20.3 Å². The number of nitrogens with one attached hydrogen (secondary N) is 1. The molecule has 0 fully saturated rings. The van der Waals surface area contributed by atoms with Crippen molar-refractivity contribution in [3.8, 4) is 5.75 Å². The van der Waals surface area contributed by atoms with E-state index in [1.165, 1.54) is 0 Å². The van der Waals surface area contributed by atoms with Gasteiger partial charge in [0, 0.05) is 5.69 Å². The van der Waals surface area contributed by atoms with Crippen LogP contribution in [-0.2, 0) is 14.3 Å². The zero-order valence-electron chi connectivity index (χ0n) is 13.9. The van der Waals surface area contributed by atoms with E-state index in [0.29, 0.717) is 11.4 Å². The summed E-state index contributed by atoms with van der Waals surface area (Å²) in [5.74, 6) is -0.140. The van der Waals surface area contributed by atoms with Crippen LogP contribution in [0.1, 0.15) is 17.5 Å². The number of anilines is 1. The maximum Gasteiger partial charge on any atom is 0.309 e. The second-order valence-electron chi connectivity index (χ2n) is 5.44. The van der Waals surface area contributed by atoms with E-state index in [0.717, 1.165) is 11.1 Å². The van der Waals surface area contributed by atoms with Crippen molar-refractivity contribution in [1.29, 1.82) is 0 Å². The number of aryl methyl sites for hydroxylation is 2. The van der Waals surface area contributed by atoms with E-state index in [4.69, 9.17) is 9.47 Å². The number of hydrogen-bond donors (Lipinski definition) is 1. The van der Waals surface area contributed by atoms with Gasteiger partial charge >= 0.3 is 5.97 Å². The number of ether oxygens (including phenoxy) is 2. The van der Waals surface area contributed by atoms with E-state index >= 15 is 0 Å². The molecule has 24 heavy (non-hydrogen) atoms. The molecule has 2 aromatic rings. The number of rotatable bonds is 7. The van der Waals surface area contributed by atoms with Crippen LogP contribution in [0.2, 0.25) is 0 Å². The molecule has 0 aromatic heterocycles. The SMILES string of the molecule is Cc1ccc(NC(=O)COC(=O)CCOc2ccccc2)c(C)c1. The molecule has 0 atom stereocenters. The van der Waals surface area contributed by atoms with Gasteiger partial charge < -0.3 is 14.8 Å². The van der Waals surface area contributed by atoms with Crippen molar-refractivity contribution in [2.24, 2.45) is 0 Å². The van der Waals surface area contributed by atoms with Gasteiger partial charge in [-0.2, -0.15) is 0 Å². The molecule has 0 saturated heterocycles. The van der Waals surface area contributed by atoms with E-state index in [1.807, 2.05) is 62.4 Å². The first kappa shape index (κ1) is 17.5. The Bertz CT molecular complexity index is 698. The van der Waals surface area contributed by atoms with Crippen molar-refractivity contribution < 1.29 is 19.1 Å². The van der Waals surface area contributed by atoms with Crippen molar-refractivity contribution in [3.63, 3.8) is 0 Å².